The van der Waals surface area contributed by atoms with Crippen molar-refractivity contribution in [2.75, 3.05) is 6.61 Å². The third-order valence-corrected chi connectivity index (χ3v) is 5.87. The maximum atomic E-state index is 12.6. The molecule has 28 heavy (non-hydrogen) atoms. The summed E-state index contributed by atoms with van der Waals surface area (Å²) in [5, 5.41) is 4.48. The fourth-order valence-electron chi connectivity index (χ4n) is 3.48. The highest BCUT2D eigenvalue weighted by Gasteiger charge is 2.29. The fourth-order valence-corrected chi connectivity index (χ4v) is 4.34. The molecule has 1 amide bonds. The van der Waals surface area contributed by atoms with Crippen molar-refractivity contribution in [1.29, 1.82) is 0 Å². The largest absolute Gasteiger partial charge is 0.452 e. The van der Waals surface area contributed by atoms with E-state index in [2.05, 4.69) is 10.1 Å². The number of hydrogen-bond donors (Lipinski definition) is 0. The van der Waals surface area contributed by atoms with Gasteiger partial charge in [-0.3, -0.25) is 4.79 Å². The number of likely N-dealkylation sites (tertiary alicyclic amines) is 1. The van der Waals surface area contributed by atoms with Gasteiger partial charge in [-0.15, -0.1) is 0 Å². The molecule has 0 aliphatic carbocycles. The number of piperidine rings is 1. The number of ether oxygens (including phenoxy) is 1. The molecule has 0 bridgehead atoms. The van der Waals surface area contributed by atoms with Gasteiger partial charge in [-0.25, -0.2) is 9.78 Å². The zero-order chi connectivity index (χ0) is 20.1. The van der Waals surface area contributed by atoms with Crippen molar-refractivity contribution in [2.45, 2.75) is 62.9 Å². The second-order valence-corrected chi connectivity index (χ2v) is 8.04. The Kier molecular flexibility index (Phi) is 6.72. The van der Waals surface area contributed by atoms with E-state index in [0.717, 1.165) is 30.7 Å². The smallest absolute Gasteiger partial charge is 0.341 e. The van der Waals surface area contributed by atoms with Gasteiger partial charge in [0.2, 0.25) is 0 Å². The van der Waals surface area contributed by atoms with E-state index in [1.807, 2.05) is 31.7 Å². The number of esters is 1. The molecule has 1 saturated heterocycles. The van der Waals surface area contributed by atoms with Crippen LogP contribution < -0.4 is 0 Å². The minimum absolute atomic E-state index is 0.149. The van der Waals surface area contributed by atoms with Gasteiger partial charge in [0.15, 0.2) is 6.61 Å². The first-order valence-electron chi connectivity index (χ1n) is 9.44. The molecule has 1 fully saturated rings. The first-order chi connectivity index (χ1) is 13.5. The van der Waals surface area contributed by atoms with Crippen molar-refractivity contribution >= 4 is 23.6 Å². The maximum absolute atomic E-state index is 12.6. The Labute approximate surface area is 168 Å². The van der Waals surface area contributed by atoms with Crippen LogP contribution in [-0.4, -0.2) is 45.6 Å². The molecule has 3 rings (SSSR count). The number of aryl methyl sites for hydroxylation is 1. The average Bonchev–Trinajstić information content (AvgIpc) is 3.10. The van der Waals surface area contributed by atoms with Crippen LogP contribution in [-0.2, 0) is 15.3 Å². The number of hydrogen-bond acceptors (Lipinski definition) is 7. The minimum Gasteiger partial charge on any atom is -0.452 e. The summed E-state index contributed by atoms with van der Waals surface area (Å²) in [6.07, 6.45) is 4.70. The Bertz CT molecular complexity index is 828. The predicted octanol–water partition coefficient (Wildman–Crippen LogP) is 3.62. The summed E-state index contributed by atoms with van der Waals surface area (Å²) < 4.78 is 10.4. The van der Waals surface area contributed by atoms with E-state index in [4.69, 9.17) is 9.26 Å². The zero-order valence-corrected chi connectivity index (χ0v) is 17.2. The molecule has 0 aromatic carbocycles. The van der Waals surface area contributed by atoms with E-state index < -0.39 is 5.97 Å². The zero-order valence-electron chi connectivity index (χ0n) is 16.4. The third-order valence-electron chi connectivity index (χ3n) is 4.83. The molecule has 1 aliphatic heterocycles. The number of aromatic nitrogens is 2. The quantitative estimate of drug-likeness (QED) is 0.538. The van der Waals surface area contributed by atoms with E-state index in [1.54, 1.807) is 18.3 Å². The Morgan fingerprint density at radius 2 is 2.07 bits per heavy atom. The van der Waals surface area contributed by atoms with Crippen molar-refractivity contribution in [3.8, 4) is 0 Å². The summed E-state index contributed by atoms with van der Waals surface area (Å²) in [6, 6.07) is 5.52. The molecule has 2 atom stereocenters. The Hall–Kier alpha value is -2.35. The maximum Gasteiger partial charge on any atom is 0.341 e. The highest BCUT2D eigenvalue weighted by Crippen LogP contribution is 2.25. The van der Waals surface area contributed by atoms with Gasteiger partial charge in [-0.05, 0) is 52.2 Å². The van der Waals surface area contributed by atoms with Crippen LogP contribution in [0.3, 0.4) is 0 Å². The molecule has 7 nitrogen and oxygen atoms in total. The van der Waals surface area contributed by atoms with Crippen molar-refractivity contribution in [3.05, 3.63) is 41.4 Å². The Morgan fingerprint density at radius 3 is 2.75 bits per heavy atom. The van der Waals surface area contributed by atoms with Gasteiger partial charge in [-0.2, -0.15) is 0 Å². The lowest BCUT2D eigenvalue weighted by atomic mass is 9.97. The summed E-state index contributed by atoms with van der Waals surface area (Å²) >= 11 is 1.38. The molecule has 0 N–H and O–H groups in total. The predicted molar refractivity (Wildman–Crippen MR) is 105 cm³/mol. The molecule has 0 radical (unpaired) electrons. The van der Waals surface area contributed by atoms with Crippen molar-refractivity contribution < 1.29 is 18.8 Å². The van der Waals surface area contributed by atoms with Gasteiger partial charge in [0.1, 0.15) is 10.8 Å². The third kappa shape index (κ3) is 4.92. The SMILES string of the molecule is Cc1cc(CSc2ncccc2C(=O)OCC(=O)N2[C@H](C)CCC[C@H]2C)no1. The second-order valence-electron chi connectivity index (χ2n) is 7.08. The van der Waals surface area contributed by atoms with E-state index in [0.29, 0.717) is 16.3 Å². The van der Waals surface area contributed by atoms with Gasteiger partial charge in [0.25, 0.3) is 5.91 Å². The number of carbonyl (C=O) groups is 2. The van der Waals surface area contributed by atoms with Gasteiger partial charge in [0, 0.05) is 30.1 Å². The molecule has 2 aromatic heterocycles. The van der Waals surface area contributed by atoms with E-state index in [1.165, 1.54) is 11.8 Å². The summed E-state index contributed by atoms with van der Waals surface area (Å²) in [5.74, 6) is 0.564. The lowest BCUT2D eigenvalue weighted by Crippen LogP contribution is -2.49. The molecular formula is C20H25N3O4S. The summed E-state index contributed by atoms with van der Waals surface area (Å²) in [5.41, 5.74) is 1.12. The Morgan fingerprint density at radius 1 is 1.32 bits per heavy atom. The first-order valence-corrected chi connectivity index (χ1v) is 10.4. The number of pyridine rings is 1. The molecule has 1 aliphatic rings. The molecule has 8 heteroatoms. The summed E-state index contributed by atoms with van der Waals surface area (Å²) in [7, 11) is 0. The average molecular weight is 404 g/mol. The lowest BCUT2D eigenvalue weighted by Gasteiger charge is -2.38. The van der Waals surface area contributed by atoms with Crippen molar-refractivity contribution in [3.63, 3.8) is 0 Å². The highest BCUT2D eigenvalue weighted by molar-refractivity contribution is 7.98. The molecule has 2 aromatic rings. The fraction of sp³-hybridized carbons (Fsp3) is 0.500. The number of rotatable bonds is 6. The lowest BCUT2D eigenvalue weighted by molar-refractivity contribution is -0.140. The van der Waals surface area contributed by atoms with Crippen molar-refractivity contribution in [1.82, 2.24) is 15.0 Å². The molecule has 0 saturated carbocycles. The van der Waals surface area contributed by atoms with Gasteiger partial charge < -0.3 is 14.2 Å². The molecule has 0 unspecified atom stereocenters. The van der Waals surface area contributed by atoms with Crippen LogP contribution in [0.4, 0.5) is 0 Å². The van der Waals surface area contributed by atoms with Crippen LogP contribution in [0.2, 0.25) is 0 Å². The van der Waals surface area contributed by atoms with Crippen molar-refractivity contribution in [2.24, 2.45) is 0 Å². The van der Waals surface area contributed by atoms with E-state index in [-0.39, 0.29) is 24.6 Å². The van der Waals surface area contributed by atoms with Gasteiger partial charge in [0.05, 0.1) is 11.3 Å². The molecular weight excluding hydrogens is 378 g/mol. The van der Waals surface area contributed by atoms with Crippen LogP contribution in [0.1, 0.15) is 54.9 Å². The molecule has 150 valence electrons. The number of amides is 1. The minimum atomic E-state index is -0.544. The first kappa shape index (κ1) is 20.4. The number of thioether (sulfide) groups is 1. The van der Waals surface area contributed by atoms with Crippen LogP contribution in [0.25, 0.3) is 0 Å². The highest BCUT2D eigenvalue weighted by atomic mass is 32.2. The number of nitrogens with zero attached hydrogens (tertiary/aromatic N) is 3. The molecule has 3 heterocycles. The molecule has 0 spiro atoms. The van der Waals surface area contributed by atoms with E-state index in [9.17, 15) is 9.59 Å². The topological polar surface area (TPSA) is 85.5 Å². The van der Waals surface area contributed by atoms with Crippen LogP contribution in [0.15, 0.2) is 33.9 Å². The standard InChI is InChI=1S/C20H25N3O4S/c1-13-6-4-7-14(2)23(13)18(24)11-26-20(25)17-8-5-9-21-19(17)28-12-16-10-15(3)27-22-16/h5,8-10,13-14H,4,6-7,11-12H2,1-3H3/t13-,14-/m1/s1. The second kappa shape index (κ2) is 9.23. The van der Waals surface area contributed by atoms with Crippen LogP contribution in [0, 0.1) is 6.92 Å². The summed E-state index contributed by atoms with van der Waals surface area (Å²) in [4.78, 5) is 31.2. The van der Waals surface area contributed by atoms with Gasteiger partial charge >= 0.3 is 5.97 Å². The van der Waals surface area contributed by atoms with Gasteiger partial charge in [-0.1, -0.05) is 16.9 Å². The monoisotopic (exact) mass is 403 g/mol. The van der Waals surface area contributed by atoms with Crippen LogP contribution in [0.5, 0.6) is 0 Å². The van der Waals surface area contributed by atoms with E-state index >= 15 is 0 Å². The normalized spacial score (nSPS) is 19.5. The Balaban J connectivity index is 1.60. The van der Waals surface area contributed by atoms with Crippen LogP contribution >= 0.6 is 11.8 Å². The number of carbonyl (C=O) groups excluding carboxylic acids is 2. The summed E-state index contributed by atoms with van der Waals surface area (Å²) in [6.45, 7) is 5.65.